The van der Waals surface area contributed by atoms with Crippen LogP contribution in [0, 0.1) is 0 Å². The lowest BCUT2D eigenvalue weighted by atomic mass is 10.00. The van der Waals surface area contributed by atoms with Gasteiger partial charge in [0.2, 0.25) is 10.0 Å². The number of aliphatic hydroxyl groups is 2. The first-order valence-corrected chi connectivity index (χ1v) is 15.3. The summed E-state index contributed by atoms with van der Waals surface area (Å²) in [6.45, 7) is 0.867. The van der Waals surface area contributed by atoms with Crippen LogP contribution >= 0.6 is 11.6 Å². The molecule has 0 spiro atoms. The van der Waals surface area contributed by atoms with Crippen LogP contribution in [0.25, 0.3) is 33.3 Å². The molecule has 1 aromatic heterocycles. The maximum absolute atomic E-state index is 12.5. The molecular weight excluding hydrogens is 586 g/mol. The number of benzene rings is 3. The number of nitrogens with zero attached hydrogens (tertiary/aromatic N) is 1. The maximum Gasteiger partial charge on any atom is 0.295 e. The molecule has 2 saturated heterocycles. The molecule has 0 amide bonds. The van der Waals surface area contributed by atoms with Crippen LogP contribution in [0.15, 0.2) is 65.6 Å². The van der Waals surface area contributed by atoms with E-state index in [1.165, 1.54) is 0 Å². The summed E-state index contributed by atoms with van der Waals surface area (Å²) in [7, 11) is -3.67. The number of hydrogen-bond acceptors (Lipinski definition) is 9. The average molecular weight is 616 g/mol. The molecule has 3 aromatic carbocycles. The van der Waals surface area contributed by atoms with E-state index in [1.807, 2.05) is 30.3 Å². The van der Waals surface area contributed by atoms with E-state index in [0.29, 0.717) is 23.2 Å². The SMILES string of the molecule is O=S(=O)(NCCOCCO)c1ccc(-c2ccc(-c3cc4nc(O[C@@H]5CO[C@H]6[C@@H]5OC[C@H]6O)[nH]c4cc3Cl)cc2)cc1. The summed E-state index contributed by atoms with van der Waals surface area (Å²) in [5, 5.41) is 19.2. The van der Waals surface area contributed by atoms with Crippen LogP contribution in [0.5, 0.6) is 6.01 Å². The quantitative estimate of drug-likeness (QED) is 0.187. The first kappa shape index (κ1) is 29.0. The number of aromatic nitrogens is 2. The number of sulfonamides is 1. The van der Waals surface area contributed by atoms with E-state index in [1.54, 1.807) is 30.3 Å². The average Bonchev–Trinajstić information content (AvgIpc) is 3.69. The van der Waals surface area contributed by atoms with Crippen molar-refractivity contribution in [2.45, 2.75) is 29.3 Å². The van der Waals surface area contributed by atoms with Crippen molar-refractivity contribution in [3.63, 3.8) is 0 Å². The number of H-pyrrole nitrogens is 1. The molecule has 2 fully saturated rings. The Kier molecular flexibility index (Phi) is 8.48. The molecule has 0 saturated carbocycles. The number of nitrogens with one attached hydrogen (secondary N) is 2. The standard InChI is InChI=1S/C29H30ClN3O8S/c30-22-14-24-23(32-29(33-24)41-26-16-40-27-25(35)15-39-28(26)27)13-21(22)19-3-1-17(2-4-19)18-5-7-20(8-6-18)42(36,37)31-9-11-38-12-10-34/h1-8,13-14,25-28,31,34-35H,9-12,15-16H2,(H,32,33)/t25-,26-,27-,28-/m1/s1. The molecule has 3 heterocycles. The van der Waals surface area contributed by atoms with Crippen LogP contribution in [-0.4, -0.2) is 92.6 Å². The second kappa shape index (κ2) is 12.3. The molecule has 2 aliphatic heterocycles. The van der Waals surface area contributed by atoms with Crippen LogP contribution in [0.3, 0.4) is 0 Å². The van der Waals surface area contributed by atoms with Crippen molar-refractivity contribution >= 4 is 32.7 Å². The molecule has 2 aliphatic rings. The number of ether oxygens (including phenoxy) is 4. The fourth-order valence-electron chi connectivity index (χ4n) is 5.14. The summed E-state index contributed by atoms with van der Waals surface area (Å²) >= 11 is 6.65. The van der Waals surface area contributed by atoms with Crippen molar-refractivity contribution in [1.29, 1.82) is 0 Å². The van der Waals surface area contributed by atoms with Crippen molar-refractivity contribution in [1.82, 2.24) is 14.7 Å². The highest BCUT2D eigenvalue weighted by molar-refractivity contribution is 7.89. The van der Waals surface area contributed by atoms with Gasteiger partial charge in [-0.15, -0.1) is 0 Å². The second-order valence-corrected chi connectivity index (χ2v) is 12.2. The summed E-state index contributed by atoms with van der Waals surface area (Å²) in [5.74, 6) is 0. The third-order valence-electron chi connectivity index (χ3n) is 7.26. The zero-order chi connectivity index (χ0) is 29.3. The smallest absolute Gasteiger partial charge is 0.295 e. The van der Waals surface area contributed by atoms with E-state index >= 15 is 0 Å². The fourth-order valence-corrected chi connectivity index (χ4v) is 6.43. The van der Waals surface area contributed by atoms with Crippen LogP contribution in [0.2, 0.25) is 5.02 Å². The number of rotatable bonds is 11. The Hall–Kier alpha value is -3.07. The Morgan fingerprint density at radius 1 is 0.976 bits per heavy atom. The van der Waals surface area contributed by atoms with Gasteiger partial charge in [0.1, 0.15) is 18.3 Å². The van der Waals surface area contributed by atoms with Crippen molar-refractivity contribution in [2.24, 2.45) is 0 Å². The normalized spacial score (nSPS) is 22.1. The number of imidazole rings is 1. The highest BCUT2D eigenvalue weighted by Gasteiger charge is 2.48. The summed E-state index contributed by atoms with van der Waals surface area (Å²) < 4.78 is 49.9. The van der Waals surface area contributed by atoms with Gasteiger partial charge in [0.15, 0.2) is 6.10 Å². The summed E-state index contributed by atoms with van der Waals surface area (Å²) in [6.07, 6.45) is -1.76. The second-order valence-electron chi connectivity index (χ2n) is 10.0. The fraction of sp³-hybridized carbons (Fsp3) is 0.345. The molecule has 0 unspecified atom stereocenters. The lowest BCUT2D eigenvalue weighted by molar-refractivity contribution is 0.00706. The minimum Gasteiger partial charge on any atom is -0.456 e. The summed E-state index contributed by atoms with van der Waals surface area (Å²) in [5.41, 5.74) is 4.87. The maximum atomic E-state index is 12.5. The molecule has 4 aromatic rings. The lowest BCUT2D eigenvalue weighted by Gasteiger charge is -2.15. The van der Waals surface area contributed by atoms with Crippen molar-refractivity contribution < 1.29 is 37.6 Å². The van der Waals surface area contributed by atoms with Gasteiger partial charge >= 0.3 is 0 Å². The van der Waals surface area contributed by atoms with Gasteiger partial charge in [0.25, 0.3) is 6.01 Å². The molecule has 42 heavy (non-hydrogen) atoms. The Morgan fingerprint density at radius 2 is 1.67 bits per heavy atom. The predicted molar refractivity (Wildman–Crippen MR) is 155 cm³/mol. The van der Waals surface area contributed by atoms with E-state index < -0.39 is 16.1 Å². The molecule has 6 rings (SSSR count). The number of halogens is 1. The van der Waals surface area contributed by atoms with Crippen LogP contribution in [0.1, 0.15) is 0 Å². The molecule has 222 valence electrons. The molecule has 0 aliphatic carbocycles. The van der Waals surface area contributed by atoms with Crippen molar-refractivity contribution in [3.05, 3.63) is 65.7 Å². The molecule has 13 heteroatoms. The van der Waals surface area contributed by atoms with Crippen LogP contribution in [0.4, 0.5) is 0 Å². The first-order chi connectivity index (χ1) is 20.3. The molecule has 4 atom stereocenters. The minimum absolute atomic E-state index is 0.112. The largest absolute Gasteiger partial charge is 0.456 e. The predicted octanol–water partition coefficient (Wildman–Crippen LogP) is 2.74. The van der Waals surface area contributed by atoms with E-state index in [2.05, 4.69) is 14.7 Å². The number of fused-ring (bicyclic) bond motifs is 2. The van der Waals surface area contributed by atoms with E-state index in [4.69, 9.17) is 35.7 Å². The van der Waals surface area contributed by atoms with Gasteiger partial charge in [-0.05, 0) is 41.0 Å². The van der Waals surface area contributed by atoms with Gasteiger partial charge in [0.05, 0.1) is 54.0 Å². The Bertz CT molecular complexity index is 1650. The lowest BCUT2D eigenvalue weighted by Crippen LogP contribution is -2.34. The van der Waals surface area contributed by atoms with Crippen molar-refractivity contribution in [2.75, 3.05) is 39.6 Å². The number of aliphatic hydroxyl groups excluding tert-OH is 2. The van der Waals surface area contributed by atoms with Crippen molar-refractivity contribution in [3.8, 4) is 28.3 Å². The van der Waals surface area contributed by atoms with Gasteiger partial charge in [-0.25, -0.2) is 13.1 Å². The summed E-state index contributed by atoms with van der Waals surface area (Å²) in [4.78, 5) is 7.88. The molecular formula is C29H30ClN3O8S. The third-order valence-corrected chi connectivity index (χ3v) is 9.05. The Balaban J connectivity index is 1.14. The first-order valence-electron chi connectivity index (χ1n) is 13.5. The highest BCUT2D eigenvalue weighted by Crippen LogP contribution is 2.35. The molecule has 0 bridgehead atoms. The van der Waals surface area contributed by atoms with E-state index in [0.717, 1.165) is 27.8 Å². The molecule has 11 nitrogen and oxygen atoms in total. The zero-order valence-corrected chi connectivity index (χ0v) is 24.0. The monoisotopic (exact) mass is 615 g/mol. The molecule has 4 N–H and O–H groups in total. The van der Waals surface area contributed by atoms with Gasteiger partial charge < -0.3 is 34.1 Å². The third kappa shape index (κ3) is 6.03. The van der Waals surface area contributed by atoms with E-state index in [-0.39, 0.29) is 56.2 Å². The zero-order valence-electron chi connectivity index (χ0n) is 22.4. The topological polar surface area (TPSA) is 152 Å². The van der Waals surface area contributed by atoms with Crippen LogP contribution in [-0.2, 0) is 24.2 Å². The van der Waals surface area contributed by atoms with Gasteiger partial charge in [-0.2, -0.15) is 4.98 Å². The van der Waals surface area contributed by atoms with Gasteiger partial charge in [-0.1, -0.05) is 48.0 Å². The van der Waals surface area contributed by atoms with Gasteiger partial charge in [-0.3, -0.25) is 0 Å². The Labute approximate surface area is 247 Å². The number of hydrogen-bond donors (Lipinski definition) is 4. The number of aromatic amines is 1. The molecule has 0 radical (unpaired) electrons. The Morgan fingerprint density at radius 3 is 2.40 bits per heavy atom. The summed E-state index contributed by atoms with van der Waals surface area (Å²) in [6, 6.07) is 18.4. The minimum atomic E-state index is -3.67. The van der Waals surface area contributed by atoms with Crippen LogP contribution < -0.4 is 9.46 Å². The van der Waals surface area contributed by atoms with Gasteiger partial charge in [0, 0.05) is 12.1 Å². The highest BCUT2D eigenvalue weighted by atomic mass is 35.5. The van der Waals surface area contributed by atoms with E-state index in [9.17, 15) is 13.5 Å².